The summed E-state index contributed by atoms with van der Waals surface area (Å²) in [6.07, 6.45) is -3.97. The first-order chi connectivity index (χ1) is 53.2. The summed E-state index contributed by atoms with van der Waals surface area (Å²) in [4.78, 5) is 203. The van der Waals surface area contributed by atoms with Crippen molar-refractivity contribution in [2.24, 2.45) is 21.6 Å². The summed E-state index contributed by atoms with van der Waals surface area (Å²) < 4.78 is 6.22. The lowest BCUT2D eigenvalue weighted by Crippen LogP contribution is -2.56. The highest BCUT2D eigenvalue weighted by Gasteiger charge is 2.48. The van der Waals surface area contributed by atoms with Crippen LogP contribution in [-0.2, 0) is 48.6 Å². The summed E-state index contributed by atoms with van der Waals surface area (Å²) in [5.41, 5.74) is -2.45. The number of pyridine rings is 1. The van der Waals surface area contributed by atoms with Gasteiger partial charge in [-0.05, 0) is 66.0 Å². The maximum Gasteiger partial charge on any atom is 0.357 e. The van der Waals surface area contributed by atoms with Crippen LogP contribution in [0.15, 0.2) is 105 Å². The lowest BCUT2D eigenvalue weighted by atomic mass is 9.82. The molecule has 14 bridgehead atoms. The fourth-order valence-corrected chi connectivity index (χ4v) is 16.8. The number of nitrogens with one attached hydrogen (secondary N) is 11. The minimum atomic E-state index is -2.20. The van der Waals surface area contributed by atoms with Gasteiger partial charge in [-0.1, -0.05) is 58.4 Å². The molecule has 598 valence electrons. The number of fused-ring (bicyclic) bond motifs is 7. The summed E-state index contributed by atoms with van der Waals surface area (Å²) in [7, 11) is 0. The third-order valence-electron chi connectivity index (χ3n) is 18.6. The van der Waals surface area contributed by atoms with Gasteiger partial charge in [-0.3, -0.25) is 68.0 Å². The monoisotopic (exact) mass is 1650 g/mol. The molecule has 1 aliphatic carbocycles. The van der Waals surface area contributed by atoms with E-state index in [1.54, 1.807) is 20.8 Å². The third-order valence-corrected chi connectivity index (χ3v) is 23.5. The molecule has 4 aliphatic heterocycles. The SMILES string of the molecule is C=C(NC(=O)C(=C)NC(=O)c1csc(C2=NC3CC4(C2)NC(=O)C(C)NC(=O)C(=C)NC(=O)C(=C)NC(=O)C(C(C)C)NC2C=Cc5c(C(C)O)cc(nc5C2O)C(=O)OC(C)C(NC(=O)c2csc(n2)C(C(C)(O)C(C)O)NC(=O)C2CSC(=N2)/C(=C\C)NC(=O)C(C(C)O)NC(=O)c2csc4n2)c2nc3cs2)n1)C(N)=O. The molecule has 10 rings (SSSR count). The van der Waals surface area contributed by atoms with Gasteiger partial charge in [0.05, 0.1) is 87.6 Å². The Morgan fingerprint density at radius 2 is 1.41 bits per heavy atom. The number of carbonyl (C=O) groups excluding carboxylic acids is 12. The van der Waals surface area contributed by atoms with E-state index in [2.05, 4.69) is 105 Å². The average Bonchev–Trinajstić information content (AvgIpc) is 1.59. The molecule has 0 radical (unpaired) electrons. The zero-order valence-electron chi connectivity index (χ0n) is 61.9. The standard InChI is InChI=1S/C71H81N19O18S5/c1-14-37-64-83-45(22-109-64)61(103)89-52(70(13,107)34(12)93)67-85-44(23-112-67)59(101)88-49-33(11)108-68(106)39-17-36(31(9)91)35-15-16-38(51(94)50(35)80-39)79-47(25(2)3)62(104)77-29(7)56(98)74-27(5)55(97)75-30(8)57(99)90-71(69-86-46(24-113-69)60(102)87-48(32(10)92)63(105)81-37)18-40(42-20-111-66(49)82-42)78-41(19-71)65-84-43(21-110-65)58(100)76-28(6)54(96)73-26(4)53(72)95/h14-17,20-21,23-25,30-34,38,40,45,47-49,51-52,79,91-94,107H,4-7,18-19,22H2,1-3,8-13H3,(H2,72,95)(H,73,96)(H,74,98)(H,75,97)(H,76,100)(H,77,104)(H,81,105)(H,87,102)(H,88,101)(H,89,103)(H,90,99)/b37-14+. The topological polar surface area (TPSA) is 563 Å². The summed E-state index contributed by atoms with van der Waals surface area (Å²) in [5.74, 6) is -12.7. The van der Waals surface area contributed by atoms with Gasteiger partial charge in [0, 0.05) is 45.7 Å². The fraction of sp³-hybridized carbons (Fsp3) is 0.394. The molecule has 15 atom stereocenters. The highest BCUT2D eigenvalue weighted by Crippen LogP contribution is 2.45. The van der Waals surface area contributed by atoms with Gasteiger partial charge < -0.3 is 89.2 Å². The number of esters is 1. The van der Waals surface area contributed by atoms with E-state index in [1.165, 1.54) is 87.4 Å². The Morgan fingerprint density at radius 3 is 2.08 bits per heavy atom. The molecule has 5 aromatic rings. The van der Waals surface area contributed by atoms with Crippen LogP contribution in [0.5, 0.6) is 0 Å². The molecule has 0 aromatic carbocycles. The zero-order valence-corrected chi connectivity index (χ0v) is 66.0. The molecular weight excluding hydrogens is 1570 g/mol. The van der Waals surface area contributed by atoms with E-state index in [-0.39, 0.29) is 88.3 Å². The number of carbonyl (C=O) groups is 12. The molecule has 0 fully saturated rings. The Morgan fingerprint density at radius 1 is 0.735 bits per heavy atom. The molecule has 11 amide bonds. The van der Waals surface area contributed by atoms with Gasteiger partial charge in [0.15, 0.2) is 0 Å². The molecule has 42 heteroatoms. The minimum Gasteiger partial charge on any atom is -0.455 e. The molecular formula is C71H81N19O18S5. The van der Waals surface area contributed by atoms with E-state index in [4.69, 9.17) is 25.4 Å². The van der Waals surface area contributed by atoms with Crippen molar-refractivity contribution < 1.29 is 87.8 Å². The Bertz CT molecular complexity index is 4920. The largest absolute Gasteiger partial charge is 0.455 e. The molecule has 15 unspecified atom stereocenters. The van der Waals surface area contributed by atoms with Gasteiger partial charge in [0.25, 0.3) is 41.4 Å². The molecule has 0 spiro atoms. The molecule has 37 nitrogen and oxygen atoms in total. The number of aromatic nitrogens is 5. The maximum absolute atomic E-state index is 15.3. The number of aliphatic hydroxyl groups is 5. The van der Waals surface area contributed by atoms with E-state index in [9.17, 15) is 73.5 Å². The second kappa shape index (κ2) is 34.7. The summed E-state index contributed by atoms with van der Waals surface area (Å²) >= 11 is 4.41. The minimum absolute atomic E-state index is 0.00605. The zero-order chi connectivity index (χ0) is 82.7. The van der Waals surface area contributed by atoms with Gasteiger partial charge in [0.2, 0.25) is 23.6 Å². The van der Waals surface area contributed by atoms with Gasteiger partial charge in [-0.2, -0.15) is 0 Å². The number of primary amides is 1. The average molecular weight is 1650 g/mol. The van der Waals surface area contributed by atoms with Crippen LogP contribution in [0.2, 0.25) is 0 Å². The van der Waals surface area contributed by atoms with Crippen LogP contribution in [0, 0.1) is 5.92 Å². The fourth-order valence-electron chi connectivity index (χ4n) is 12.0. The Balaban J connectivity index is 1.16. The summed E-state index contributed by atoms with van der Waals surface area (Å²) in [6, 6.07) is -9.99. The van der Waals surface area contributed by atoms with Gasteiger partial charge in [0.1, 0.15) is 95.9 Å². The van der Waals surface area contributed by atoms with Crippen molar-refractivity contribution >= 4 is 145 Å². The van der Waals surface area contributed by atoms with Gasteiger partial charge >= 0.3 is 5.97 Å². The highest BCUT2D eigenvalue weighted by atomic mass is 32.2. The van der Waals surface area contributed by atoms with Crippen molar-refractivity contribution in [1.82, 2.24) is 83.4 Å². The second-order valence-corrected chi connectivity index (χ2v) is 32.0. The van der Waals surface area contributed by atoms with E-state index in [0.717, 1.165) is 57.1 Å². The van der Waals surface area contributed by atoms with Crippen LogP contribution in [0.4, 0.5) is 0 Å². The van der Waals surface area contributed by atoms with Crippen LogP contribution >= 0.6 is 57.1 Å². The van der Waals surface area contributed by atoms with Crippen molar-refractivity contribution in [3.05, 3.63) is 160 Å². The van der Waals surface area contributed by atoms with E-state index < -0.39 is 202 Å². The predicted octanol–water partition coefficient (Wildman–Crippen LogP) is 0.509. The first kappa shape index (κ1) is 84.6. The number of aliphatic hydroxyl groups excluding tert-OH is 4. The van der Waals surface area contributed by atoms with E-state index in [0.29, 0.717) is 0 Å². The number of aliphatic imine (C=N–C) groups is 2. The molecule has 0 saturated heterocycles. The van der Waals surface area contributed by atoms with Crippen LogP contribution in [-0.4, -0.2) is 192 Å². The molecule has 9 heterocycles. The first-order valence-corrected chi connectivity index (χ1v) is 39.3. The number of amides is 11. The maximum atomic E-state index is 15.3. The van der Waals surface area contributed by atoms with Crippen molar-refractivity contribution in [2.75, 3.05) is 5.75 Å². The molecule has 5 aliphatic rings. The van der Waals surface area contributed by atoms with Crippen molar-refractivity contribution in [2.45, 2.75) is 165 Å². The van der Waals surface area contributed by atoms with Crippen LogP contribution in [0.1, 0.15) is 190 Å². The first-order valence-electron chi connectivity index (χ1n) is 34.8. The summed E-state index contributed by atoms with van der Waals surface area (Å²) in [6.45, 7) is 27.0. The van der Waals surface area contributed by atoms with E-state index in [1.807, 2.05) is 0 Å². The lowest BCUT2D eigenvalue weighted by Gasteiger charge is -2.39. The third kappa shape index (κ3) is 18.8. The smallest absolute Gasteiger partial charge is 0.357 e. The molecule has 5 aromatic heterocycles. The summed E-state index contributed by atoms with van der Waals surface area (Å²) in [5, 5.41) is 91.4. The molecule has 0 saturated carbocycles. The van der Waals surface area contributed by atoms with E-state index >= 15 is 9.59 Å². The Labute approximate surface area is 664 Å². The molecule has 18 N–H and O–H groups in total. The van der Waals surface area contributed by atoms with Crippen molar-refractivity contribution in [3.63, 3.8) is 0 Å². The quantitative estimate of drug-likeness (QED) is 0.0633. The highest BCUT2D eigenvalue weighted by molar-refractivity contribution is 8.14. The number of hydrogen-bond donors (Lipinski definition) is 17. The van der Waals surface area contributed by atoms with Gasteiger partial charge in [-0.25, -0.2) is 29.7 Å². The number of thiazole rings is 4. The van der Waals surface area contributed by atoms with Crippen molar-refractivity contribution in [1.29, 1.82) is 0 Å². The normalized spacial score (nSPS) is 26.1. The number of nitrogens with zero attached hydrogens (tertiary/aromatic N) is 7. The van der Waals surface area contributed by atoms with Gasteiger partial charge in [-0.15, -0.1) is 57.1 Å². The number of nitrogens with two attached hydrogens (primary N) is 1. The molecule has 113 heavy (non-hydrogen) atoms. The number of rotatable bonds is 11. The van der Waals surface area contributed by atoms with Crippen molar-refractivity contribution in [3.8, 4) is 0 Å². The Kier molecular flexibility index (Phi) is 26.0. The number of allylic oxidation sites excluding steroid dienone is 1. The number of ether oxygens (including phenoxy) is 1. The predicted molar refractivity (Wildman–Crippen MR) is 413 cm³/mol. The number of cyclic esters (lactones) is 1. The Hall–Kier alpha value is -10.8. The van der Waals surface area contributed by atoms with Crippen LogP contribution < -0.4 is 64.2 Å². The van der Waals surface area contributed by atoms with Crippen LogP contribution in [0.3, 0.4) is 0 Å². The number of hydrogen-bond acceptors (Lipinski definition) is 31. The lowest BCUT2D eigenvalue weighted by molar-refractivity contribution is -0.129. The second-order valence-electron chi connectivity index (χ2n) is 27.5. The van der Waals surface area contributed by atoms with Crippen LogP contribution in [0.25, 0.3) is 6.08 Å². The number of thioether (sulfide) groups is 1.